The second kappa shape index (κ2) is 6.54. The molecule has 0 atom stereocenters. The lowest BCUT2D eigenvalue weighted by molar-refractivity contribution is -0.135. The second-order valence-electron chi connectivity index (χ2n) is 6.74. The van der Waals surface area contributed by atoms with Gasteiger partial charge in [0.15, 0.2) is 12.4 Å². The number of rotatable bonds is 2. The molecule has 2 heterocycles. The smallest absolute Gasteiger partial charge is 0.265 e. The van der Waals surface area contributed by atoms with Gasteiger partial charge in [-0.3, -0.25) is 14.4 Å². The zero-order valence-corrected chi connectivity index (χ0v) is 14.6. The number of carbonyl (C=O) groups excluding carboxylic acids is 3. The van der Waals surface area contributed by atoms with Crippen LogP contribution in [-0.4, -0.2) is 40.7 Å². The minimum absolute atomic E-state index is 0.00709. The van der Waals surface area contributed by atoms with Gasteiger partial charge < -0.3 is 9.64 Å². The van der Waals surface area contributed by atoms with Crippen molar-refractivity contribution in [3.05, 3.63) is 46.3 Å². The molecule has 0 aromatic carbocycles. The van der Waals surface area contributed by atoms with Gasteiger partial charge in [-0.05, 0) is 31.8 Å². The summed E-state index contributed by atoms with van der Waals surface area (Å²) in [6.07, 6.45) is 10.7. The highest BCUT2D eigenvalue weighted by atomic mass is 19.1. The van der Waals surface area contributed by atoms with Gasteiger partial charge in [0.2, 0.25) is 0 Å². The highest BCUT2D eigenvalue weighted by Gasteiger charge is 2.42. The Morgan fingerprint density at radius 3 is 2.41 bits per heavy atom. The first-order valence-electron chi connectivity index (χ1n) is 8.79. The summed E-state index contributed by atoms with van der Waals surface area (Å²) in [6, 6.07) is 0. The minimum Gasteiger partial charge on any atom is -0.488 e. The van der Waals surface area contributed by atoms with Crippen LogP contribution in [0, 0.1) is 12.3 Å². The third-order valence-corrected chi connectivity index (χ3v) is 5.10. The van der Waals surface area contributed by atoms with Crippen molar-refractivity contribution in [1.29, 1.82) is 0 Å². The van der Waals surface area contributed by atoms with Crippen molar-refractivity contribution in [1.82, 2.24) is 9.80 Å². The van der Waals surface area contributed by atoms with Crippen LogP contribution in [0.15, 0.2) is 46.3 Å². The predicted molar refractivity (Wildman–Crippen MR) is 92.8 cm³/mol. The van der Waals surface area contributed by atoms with E-state index in [4.69, 9.17) is 11.2 Å². The maximum Gasteiger partial charge on any atom is 0.265 e. The van der Waals surface area contributed by atoms with Crippen LogP contribution in [0.4, 0.5) is 4.39 Å². The number of imide groups is 1. The van der Waals surface area contributed by atoms with Gasteiger partial charge in [-0.1, -0.05) is 5.92 Å². The largest absolute Gasteiger partial charge is 0.488 e. The average Bonchev–Trinajstić information content (AvgIpc) is 2.78. The lowest BCUT2D eigenvalue weighted by Gasteiger charge is -2.22. The number of nitrogens with zero attached hydrogens (tertiary/aromatic N) is 2. The average molecular weight is 368 g/mol. The number of allylic oxidation sites excluding steroid dienone is 3. The fourth-order valence-corrected chi connectivity index (χ4v) is 3.79. The summed E-state index contributed by atoms with van der Waals surface area (Å²) >= 11 is 0. The standard InChI is InChI=1S/C20H17FN2O4/c1-2-7-22-12-8-13(27-11-18(22)24)10-16(21)17(9-12)23-19(25)14-5-3-4-6-15(14)20(23)26/h1,9-10H,3-8,11H2. The highest BCUT2D eigenvalue weighted by Crippen LogP contribution is 2.38. The quantitative estimate of drug-likeness (QED) is 0.553. The molecule has 2 aliphatic heterocycles. The molecule has 0 aromatic heterocycles. The third kappa shape index (κ3) is 2.78. The molecule has 138 valence electrons. The number of fused-ring (bicyclic) bond motifs is 2. The zero-order valence-electron chi connectivity index (χ0n) is 14.6. The maximum atomic E-state index is 14.9. The number of halogens is 1. The summed E-state index contributed by atoms with van der Waals surface area (Å²) in [5, 5.41) is 0. The van der Waals surface area contributed by atoms with Crippen LogP contribution in [0.5, 0.6) is 0 Å². The summed E-state index contributed by atoms with van der Waals surface area (Å²) in [5.74, 6) is 0.560. The first-order chi connectivity index (χ1) is 13.0. The summed E-state index contributed by atoms with van der Waals surface area (Å²) < 4.78 is 20.3. The first-order valence-corrected chi connectivity index (χ1v) is 8.79. The molecule has 0 N–H and O–H groups in total. The van der Waals surface area contributed by atoms with E-state index in [-0.39, 0.29) is 36.9 Å². The molecule has 4 rings (SSSR count). The molecule has 0 unspecified atom stereocenters. The molecule has 2 bridgehead atoms. The second-order valence-corrected chi connectivity index (χ2v) is 6.74. The normalized spacial score (nSPS) is 22.7. The molecule has 0 aromatic rings. The molecule has 6 nitrogen and oxygen atoms in total. The zero-order chi connectivity index (χ0) is 19.1. The molecular weight excluding hydrogens is 351 g/mol. The van der Waals surface area contributed by atoms with Crippen LogP contribution in [0.3, 0.4) is 0 Å². The molecular formula is C20H17FN2O4. The van der Waals surface area contributed by atoms with Crippen molar-refractivity contribution >= 4 is 17.7 Å². The Bertz CT molecular complexity index is 904. The number of hydrogen-bond donors (Lipinski definition) is 0. The molecule has 1 saturated heterocycles. The van der Waals surface area contributed by atoms with E-state index in [2.05, 4.69) is 5.92 Å². The number of ether oxygens (including phenoxy) is 1. The lowest BCUT2D eigenvalue weighted by atomic mass is 9.93. The fourth-order valence-electron chi connectivity index (χ4n) is 3.79. The molecule has 0 saturated carbocycles. The fraction of sp³-hybridized carbons (Fsp3) is 0.350. The van der Waals surface area contributed by atoms with E-state index in [1.165, 1.54) is 11.0 Å². The Morgan fingerprint density at radius 1 is 1.11 bits per heavy atom. The van der Waals surface area contributed by atoms with Gasteiger partial charge in [0.1, 0.15) is 5.76 Å². The van der Waals surface area contributed by atoms with Crippen LogP contribution >= 0.6 is 0 Å². The predicted octanol–water partition coefficient (Wildman–Crippen LogP) is 2.07. The molecule has 0 spiro atoms. The Morgan fingerprint density at radius 2 is 1.78 bits per heavy atom. The van der Waals surface area contributed by atoms with Crippen molar-refractivity contribution in [3.63, 3.8) is 0 Å². The van der Waals surface area contributed by atoms with Crippen molar-refractivity contribution in [2.24, 2.45) is 0 Å². The lowest BCUT2D eigenvalue weighted by Crippen LogP contribution is -2.34. The van der Waals surface area contributed by atoms with Gasteiger partial charge in [-0.15, -0.1) is 6.42 Å². The topological polar surface area (TPSA) is 66.9 Å². The Balaban J connectivity index is 1.80. The first kappa shape index (κ1) is 17.3. The summed E-state index contributed by atoms with van der Waals surface area (Å²) in [4.78, 5) is 40.1. The van der Waals surface area contributed by atoms with Gasteiger partial charge in [0.05, 0.1) is 12.2 Å². The summed E-state index contributed by atoms with van der Waals surface area (Å²) in [5.41, 5.74) is 1.16. The Labute approximate surface area is 155 Å². The molecule has 1 fully saturated rings. The minimum atomic E-state index is -0.753. The van der Waals surface area contributed by atoms with Crippen LogP contribution in [-0.2, 0) is 19.1 Å². The van der Waals surface area contributed by atoms with Crippen LogP contribution in [0.2, 0.25) is 0 Å². The third-order valence-electron chi connectivity index (χ3n) is 5.10. The van der Waals surface area contributed by atoms with Crippen molar-refractivity contribution in [2.75, 3.05) is 13.2 Å². The monoisotopic (exact) mass is 368 g/mol. The molecule has 27 heavy (non-hydrogen) atoms. The van der Waals surface area contributed by atoms with E-state index in [1.54, 1.807) is 0 Å². The van der Waals surface area contributed by atoms with Crippen molar-refractivity contribution < 1.29 is 23.5 Å². The maximum absolute atomic E-state index is 14.9. The molecule has 2 aliphatic carbocycles. The van der Waals surface area contributed by atoms with Crippen LogP contribution in [0.1, 0.15) is 32.1 Å². The molecule has 7 heteroatoms. The highest BCUT2D eigenvalue weighted by molar-refractivity contribution is 6.21. The molecule has 4 aliphatic rings. The van der Waals surface area contributed by atoms with E-state index in [0.717, 1.165) is 23.8 Å². The molecule has 0 radical (unpaired) electrons. The Kier molecular flexibility index (Phi) is 4.19. The number of terminal acetylenes is 1. The van der Waals surface area contributed by atoms with Gasteiger partial charge >= 0.3 is 0 Å². The van der Waals surface area contributed by atoms with Gasteiger partial charge in [0, 0.05) is 29.3 Å². The number of amides is 3. The van der Waals surface area contributed by atoms with Gasteiger partial charge in [-0.2, -0.15) is 0 Å². The SMILES string of the molecule is C#CCN1C(=O)COC2=CC(F)=C(N3C(=O)C4=C(CCCC4)C3=O)C=C1C2. The van der Waals surface area contributed by atoms with Crippen LogP contribution < -0.4 is 0 Å². The van der Waals surface area contributed by atoms with E-state index in [0.29, 0.717) is 29.7 Å². The van der Waals surface area contributed by atoms with Gasteiger partial charge in [-0.25, -0.2) is 9.29 Å². The van der Waals surface area contributed by atoms with E-state index in [1.807, 2.05) is 0 Å². The van der Waals surface area contributed by atoms with Crippen molar-refractivity contribution in [3.8, 4) is 12.3 Å². The number of carbonyl (C=O) groups is 3. The summed E-state index contributed by atoms with van der Waals surface area (Å²) in [7, 11) is 0. The van der Waals surface area contributed by atoms with E-state index < -0.39 is 17.6 Å². The van der Waals surface area contributed by atoms with Gasteiger partial charge in [0.25, 0.3) is 17.7 Å². The summed E-state index contributed by atoms with van der Waals surface area (Å²) in [6.45, 7) is -0.252. The van der Waals surface area contributed by atoms with E-state index in [9.17, 15) is 18.8 Å². The molecule has 3 amide bonds. The van der Waals surface area contributed by atoms with E-state index >= 15 is 0 Å². The van der Waals surface area contributed by atoms with Crippen molar-refractivity contribution in [2.45, 2.75) is 32.1 Å². The Hall–Kier alpha value is -3.14. The number of hydrogen-bond acceptors (Lipinski definition) is 4. The van der Waals surface area contributed by atoms with Crippen LogP contribution in [0.25, 0.3) is 0 Å².